The van der Waals surface area contributed by atoms with E-state index in [4.69, 9.17) is 4.74 Å². The second-order valence-corrected chi connectivity index (χ2v) is 6.37. The molecule has 0 radical (unpaired) electrons. The van der Waals surface area contributed by atoms with Crippen molar-refractivity contribution < 1.29 is 21.9 Å². The van der Waals surface area contributed by atoms with Gasteiger partial charge in [0.1, 0.15) is 16.5 Å². The SMILES string of the molecule is COc1ccc(NS(=O)(=O)c2c(F)cc(F)cc2Br)cn1. The molecule has 0 aliphatic carbocycles. The summed E-state index contributed by atoms with van der Waals surface area (Å²) in [4.78, 5) is 3.14. The van der Waals surface area contributed by atoms with Crippen LogP contribution in [0, 0.1) is 11.6 Å². The van der Waals surface area contributed by atoms with Gasteiger partial charge >= 0.3 is 0 Å². The molecule has 2 rings (SSSR count). The molecular formula is C12H9BrF2N2O3S. The zero-order chi connectivity index (χ0) is 15.6. The lowest BCUT2D eigenvalue weighted by atomic mass is 10.3. The summed E-state index contributed by atoms with van der Waals surface area (Å²) in [5.74, 6) is -1.78. The molecule has 0 aliphatic rings. The third-order valence-electron chi connectivity index (χ3n) is 2.43. The Hall–Kier alpha value is -1.74. The molecule has 0 saturated heterocycles. The highest BCUT2D eigenvalue weighted by molar-refractivity contribution is 9.10. The van der Waals surface area contributed by atoms with Crippen LogP contribution in [0.4, 0.5) is 14.5 Å². The number of anilines is 1. The summed E-state index contributed by atoms with van der Waals surface area (Å²) in [6.45, 7) is 0. The van der Waals surface area contributed by atoms with Crippen molar-refractivity contribution in [1.29, 1.82) is 0 Å². The minimum absolute atomic E-state index is 0.117. The Bertz CT molecular complexity index is 744. The molecule has 0 unspecified atom stereocenters. The zero-order valence-electron chi connectivity index (χ0n) is 10.6. The number of methoxy groups -OCH3 is 1. The number of ether oxygens (including phenoxy) is 1. The van der Waals surface area contributed by atoms with Gasteiger partial charge in [-0.25, -0.2) is 22.2 Å². The Morgan fingerprint density at radius 3 is 2.52 bits per heavy atom. The highest BCUT2D eigenvalue weighted by Crippen LogP contribution is 2.28. The monoisotopic (exact) mass is 378 g/mol. The first-order chi connectivity index (χ1) is 9.83. The van der Waals surface area contributed by atoms with E-state index < -0.39 is 26.6 Å². The standard InChI is InChI=1S/C12H9BrF2N2O3S/c1-20-11-3-2-8(6-16-11)17-21(18,19)12-9(13)4-7(14)5-10(12)15/h2-6,17H,1H3. The van der Waals surface area contributed by atoms with Crippen LogP contribution in [0.1, 0.15) is 0 Å². The van der Waals surface area contributed by atoms with Crippen LogP contribution in [0.3, 0.4) is 0 Å². The van der Waals surface area contributed by atoms with Crippen LogP contribution in [0.15, 0.2) is 39.8 Å². The van der Waals surface area contributed by atoms with Gasteiger partial charge in [-0.2, -0.15) is 0 Å². The molecular weight excluding hydrogens is 370 g/mol. The van der Waals surface area contributed by atoms with E-state index >= 15 is 0 Å². The lowest BCUT2D eigenvalue weighted by Gasteiger charge is -2.10. The van der Waals surface area contributed by atoms with Gasteiger partial charge in [-0.05, 0) is 28.1 Å². The van der Waals surface area contributed by atoms with Crippen LogP contribution in [0.25, 0.3) is 0 Å². The lowest BCUT2D eigenvalue weighted by Crippen LogP contribution is -2.15. The Balaban J connectivity index is 2.38. The highest BCUT2D eigenvalue weighted by Gasteiger charge is 2.24. The molecule has 0 amide bonds. The first kappa shape index (κ1) is 15.6. The van der Waals surface area contributed by atoms with Crippen LogP contribution in [0.5, 0.6) is 5.88 Å². The number of aromatic nitrogens is 1. The van der Waals surface area contributed by atoms with Crippen molar-refractivity contribution in [3.8, 4) is 5.88 Å². The first-order valence-electron chi connectivity index (χ1n) is 5.51. The molecule has 9 heteroatoms. The molecule has 112 valence electrons. The average molecular weight is 379 g/mol. The van der Waals surface area contributed by atoms with E-state index in [9.17, 15) is 17.2 Å². The van der Waals surface area contributed by atoms with E-state index in [-0.39, 0.29) is 10.2 Å². The molecule has 1 heterocycles. The Kier molecular flexibility index (Phi) is 4.43. The first-order valence-corrected chi connectivity index (χ1v) is 7.78. The highest BCUT2D eigenvalue weighted by atomic mass is 79.9. The van der Waals surface area contributed by atoms with E-state index in [0.29, 0.717) is 11.9 Å². The fourth-order valence-corrected chi connectivity index (χ4v) is 3.77. The van der Waals surface area contributed by atoms with Gasteiger partial charge in [0.25, 0.3) is 10.0 Å². The maximum absolute atomic E-state index is 13.7. The molecule has 0 spiro atoms. The molecule has 0 bridgehead atoms. The van der Waals surface area contributed by atoms with Gasteiger partial charge in [-0.1, -0.05) is 0 Å². The summed E-state index contributed by atoms with van der Waals surface area (Å²) < 4.78 is 57.8. The van der Waals surface area contributed by atoms with Crippen molar-refractivity contribution in [2.75, 3.05) is 11.8 Å². The average Bonchev–Trinajstić information content (AvgIpc) is 2.37. The van der Waals surface area contributed by atoms with E-state index in [1.54, 1.807) is 0 Å². The van der Waals surface area contributed by atoms with E-state index in [0.717, 1.165) is 6.07 Å². The Morgan fingerprint density at radius 1 is 1.29 bits per heavy atom. The minimum atomic E-state index is -4.23. The summed E-state index contributed by atoms with van der Waals surface area (Å²) in [6.07, 6.45) is 1.21. The smallest absolute Gasteiger partial charge is 0.266 e. The molecule has 1 aromatic carbocycles. The molecule has 5 nitrogen and oxygen atoms in total. The van der Waals surface area contributed by atoms with Crippen molar-refractivity contribution >= 4 is 31.6 Å². The number of rotatable bonds is 4. The summed E-state index contributed by atoms with van der Waals surface area (Å²) in [5, 5.41) is 0. The van der Waals surface area contributed by atoms with Crippen LogP contribution >= 0.6 is 15.9 Å². The minimum Gasteiger partial charge on any atom is -0.481 e. The Labute approximate surface area is 128 Å². The van der Waals surface area contributed by atoms with Crippen LogP contribution in [-0.4, -0.2) is 20.5 Å². The van der Waals surface area contributed by atoms with Crippen molar-refractivity contribution in [2.45, 2.75) is 4.90 Å². The number of nitrogens with zero attached hydrogens (tertiary/aromatic N) is 1. The molecule has 2 aromatic rings. The topological polar surface area (TPSA) is 68.3 Å². The molecule has 0 fully saturated rings. The fourth-order valence-electron chi connectivity index (χ4n) is 1.55. The third-order valence-corrected chi connectivity index (χ3v) is 4.77. The maximum Gasteiger partial charge on any atom is 0.266 e. The van der Waals surface area contributed by atoms with E-state index in [1.165, 1.54) is 25.4 Å². The van der Waals surface area contributed by atoms with Crippen LogP contribution in [0.2, 0.25) is 0 Å². The van der Waals surface area contributed by atoms with Gasteiger partial charge in [0.05, 0.1) is 19.0 Å². The molecule has 0 saturated carbocycles. The van der Waals surface area contributed by atoms with Gasteiger partial charge in [0.15, 0.2) is 0 Å². The van der Waals surface area contributed by atoms with E-state index in [2.05, 4.69) is 25.6 Å². The van der Waals surface area contributed by atoms with E-state index in [1.807, 2.05) is 0 Å². The lowest BCUT2D eigenvalue weighted by molar-refractivity contribution is 0.398. The molecule has 1 N–H and O–H groups in total. The molecule has 1 aromatic heterocycles. The fraction of sp³-hybridized carbons (Fsp3) is 0.0833. The van der Waals surface area contributed by atoms with Gasteiger partial charge in [-0.15, -0.1) is 0 Å². The summed E-state index contributed by atoms with van der Waals surface area (Å²) in [5.41, 5.74) is 0.117. The number of nitrogens with one attached hydrogen (secondary N) is 1. The third kappa shape index (κ3) is 3.48. The van der Waals surface area contributed by atoms with Gasteiger partial charge in [0.2, 0.25) is 5.88 Å². The van der Waals surface area contributed by atoms with Crippen molar-refractivity contribution in [1.82, 2.24) is 4.98 Å². The normalized spacial score (nSPS) is 11.2. The number of hydrogen-bond donors (Lipinski definition) is 1. The summed E-state index contributed by atoms with van der Waals surface area (Å²) in [6, 6.07) is 4.20. The van der Waals surface area contributed by atoms with Gasteiger partial charge in [-0.3, -0.25) is 4.72 Å². The van der Waals surface area contributed by atoms with Crippen molar-refractivity contribution in [3.63, 3.8) is 0 Å². The quantitative estimate of drug-likeness (QED) is 0.887. The predicted molar refractivity (Wildman–Crippen MR) is 75.7 cm³/mol. The number of benzene rings is 1. The van der Waals surface area contributed by atoms with Gasteiger partial charge < -0.3 is 4.74 Å². The second-order valence-electron chi connectivity index (χ2n) is 3.89. The number of hydrogen-bond acceptors (Lipinski definition) is 4. The largest absolute Gasteiger partial charge is 0.481 e. The molecule has 21 heavy (non-hydrogen) atoms. The number of pyridine rings is 1. The van der Waals surface area contributed by atoms with Crippen molar-refractivity contribution in [3.05, 3.63) is 46.6 Å². The van der Waals surface area contributed by atoms with Crippen molar-refractivity contribution in [2.24, 2.45) is 0 Å². The maximum atomic E-state index is 13.7. The number of sulfonamides is 1. The number of halogens is 3. The van der Waals surface area contributed by atoms with Crippen LogP contribution < -0.4 is 9.46 Å². The Morgan fingerprint density at radius 2 is 2.00 bits per heavy atom. The second kappa shape index (κ2) is 5.94. The van der Waals surface area contributed by atoms with Gasteiger partial charge in [0, 0.05) is 16.6 Å². The zero-order valence-corrected chi connectivity index (χ0v) is 13.0. The molecule has 0 atom stereocenters. The predicted octanol–water partition coefficient (Wildman–Crippen LogP) is 2.93. The summed E-state index contributed by atoms with van der Waals surface area (Å²) >= 11 is 2.84. The van der Waals surface area contributed by atoms with Crippen LogP contribution in [-0.2, 0) is 10.0 Å². The molecule has 0 aliphatic heterocycles. The summed E-state index contributed by atoms with van der Waals surface area (Å²) in [7, 11) is -2.82.